The molecule has 1 rings (SSSR count). The van der Waals surface area contributed by atoms with Crippen LogP contribution in [0, 0.1) is 0 Å². The number of hydrogen-bond donors (Lipinski definition) is 3. The van der Waals surface area contributed by atoms with Crippen LogP contribution in [0.2, 0.25) is 0 Å². The van der Waals surface area contributed by atoms with Crippen LogP contribution in [-0.2, 0) is 10.1 Å². The van der Waals surface area contributed by atoms with Gasteiger partial charge >= 0.3 is 29.6 Å². The SMILES string of the molecule is O=S(=O)(O)c1cc(O)ccc1O.[NaH]. The topological polar surface area (TPSA) is 94.8 Å². The molecule has 13 heavy (non-hydrogen) atoms. The zero-order valence-electron chi connectivity index (χ0n) is 5.80. The van der Waals surface area contributed by atoms with Gasteiger partial charge in [-0.05, 0) is 12.1 Å². The quantitative estimate of drug-likeness (QED) is 0.339. The standard InChI is InChI=1S/C6H6O5S.Na.H/c7-4-1-2-5(8)6(3-4)12(9,10)11;;/h1-3,7-8H,(H,9,10,11);;. The molecule has 1 aromatic rings. The van der Waals surface area contributed by atoms with E-state index in [1.54, 1.807) is 0 Å². The Morgan fingerprint density at radius 3 is 2.08 bits per heavy atom. The third-order valence-electron chi connectivity index (χ3n) is 1.22. The van der Waals surface area contributed by atoms with E-state index in [1.165, 1.54) is 0 Å². The van der Waals surface area contributed by atoms with Crippen molar-refractivity contribution in [2.24, 2.45) is 0 Å². The molecule has 0 fully saturated rings. The summed E-state index contributed by atoms with van der Waals surface area (Å²) in [6.07, 6.45) is 0. The maximum absolute atomic E-state index is 10.5. The Balaban J connectivity index is 0.00000144. The van der Waals surface area contributed by atoms with Crippen molar-refractivity contribution in [1.29, 1.82) is 0 Å². The van der Waals surface area contributed by atoms with Gasteiger partial charge in [0.25, 0.3) is 10.1 Å². The van der Waals surface area contributed by atoms with Crippen molar-refractivity contribution in [3.63, 3.8) is 0 Å². The Hall–Kier alpha value is -0.270. The molecule has 0 radical (unpaired) electrons. The summed E-state index contributed by atoms with van der Waals surface area (Å²) >= 11 is 0. The number of aromatic hydroxyl groups is 2. The predicted octanol–water partition coefficient (Wildman–Crippen LogP) is -0.304. The molecule has 0 aromatic heterocycles. The fraction of sp³-hybridized carbons (Fsp3) is 0. The number of rotatable bonds is 1. The van der Waals surface area contributed by atoms with E-state index in [0.717, 1.165) is 18.2 Å². The summed E-state index contributed by atoms with van der Waals surface area (Å²) in [5.74, 6) is -0.948. The maximum atomic E-state index is 10.5. The van der Waals surface area contributed by atoms with Crippen LogP contribution < -0.4 is 0 Å². The molecule has 0 aliphatic carbocycles. The molecule has 0 aliphatic heterocycles. The molecule has 1 aromatic carbocycles. The Kier molecular flexibility index (Phi) is 4.21. The van der Waals surface area contributed by atoms with Gasteiger partial charge in [-0.2, -0.15) is 8.42 Å². The van der Waals surface area contributed by atoms with Crippen LogP contribution in [0.25, 0.3) is 0 Å². The molecule has 0 heterocycles. The van der Waals surface area contributed by atoms with Crippen LogP contribution in [0.3, 0.4) is 0 Å². The van der Waals surface area contributed by atoms with Crippen molar-refractivity contribution >= 4 is 39.7 Å². The van der Waals surface area contributed by atoms with E-state index in [2.05, 4.69) is 0 Å². The molecule has 0 amide bonds. The molecule has 0 spiro atoms. The van der Waals surface area contributed by atoms with E-state index in [4.69, 9.17) is 14.8 Å². The van der Waals surface area contributed by atoms with Crippen molar-refractivity contribution < 1.29 is 23.2 Å². The third kappa shape index (κ3) is 3.17. The molecular weight excluding hydrogens is 207 g/mol. The van der Waals surface area contributed by atoms with Gasteiger partial charge in [0.1, 0.15) is 16.4 Å². The van der Waals surface area contributed by atoms with Gasteiger partial charge in [0.2, 0.25) is 0 Å². The first-order chi connectivity index (χ1) is 5.41. The van der Waals surface area contributed by atoms with Crippen molar-refractivity contribution in [1.82, 2.24) is 0 Å². The van der Waals surface area contributed by atoms with E-state index in [1.807, 2.05) is 0 Å². The Morgan fingerprint density at radius 1 is 1.15 bits per heavy atom. The monoisotopic (exact) mass is 214 g/mol. The zero-order valence-corrected chi connectivity index (χ0v) is 6.61. The van der Waals surface area contributed by atoms with E-state index in [9.17, 15) is 8.42 Å². The Morgan fingerprint density at radius 2 is 1.69 bits per heavy atom. The minimum atomic E-state index is -4.47. The van der Waals surface area contributed by atoms with Crippen LogP contribution >= 0.6 is 0 Å². The summed E-state index contributed by atoms with van der Waals surface area (Å²) < 4.78 is 29.5. The summed E-state index contributed by atoms with van der Waals surface area (Å²) in [5.41, 5.74) is 0. The zero-order chi connectivity index (χ0) is 9.35. The third-order valence-corrected chi connectivity index (χ3v) is 2.10. The molecule has 3 N–H and O–H groups in total. The van der Waals surface area contributed by atoms with Crippen molar-refractivity contribution in [2.45, 2.75) is 4.90 Å². The average Bonchev–Trinajstić information content (AvgIpc) is 1.92. The summed E-state index contributed by atoms with van der Waals surface area (Å²) in [4.78, 5) is -0.706. The van der Waals surface area contributed by atoms with E-state index < -0.39 is 20.8 Å². The van der Waals surface area contributed by atoms with Crippen LogP contribution in [-0.4, -0.2) is 52.7 Å². The Bertz CT molecular complexity index is 399. The van der Waals surface area contributed by atoms with Crippen LogP contribution in [0.15, 0.2) is 23.1 Å². The predicted molar refractivity (Wildman–Crippen MR) is 46.7 cm³/mol. The van der Waals surface area contributed by atoms with Gasteiger partial charge in [-0.15, -0.1) is 0 Å². The van der Waals surface area contributed by atoms with E-state index in [0.29, 0.717) is 0 Å². The molecule has 0 saturated carbocycles. The van der Waals surface area contributed by atoms with Gasteiger partial charge < -0.3 is 10.2 Å². The average molecular weight is 214 g/mol. The summed E-state index contributed by atoms with van der Waals surface area (Å²) in [6, 6.07) is 2.83. The summed E-state index contributed by atoms with van der Waals surface area (Å²) in [6.45, 7) is 0. The summed E-state index contributed by atoms with van der Waals surface area (Å²) in [7, 11) is -4.47. The molecule has 0 aliphatic rings. The fourth-order valence-corrected chi connectivity index (χ4v) is 1.31. The normalized spacial score (nSPS) is 10.5. The summed E-state index contributed by atoms with van der Waals surface area (Å²) in [5, 5.41) is 17.7. The minimum absolute atomic E-state index is 0. The molecule has 0 saturated heterocycles. The fourth-order valence-electron chi connectivity index (χ4n) is 0.709. The van der Waals surface area contributed by atoms with Gasteiger partial charge in [0.05, 0.1) is 0 Å². The van der Waals surface area contributed by atoms with Crippen LogP contribution in [0.4, 0.5) is 0 Å². The first-order valence-electron chi connectivity index (χ1n) is 2.91. The van der Waals surface area contributed by atoms with Gasteiger partial charge in [-0.25, -0.2) is 0 Å². The van der Waals surface area contributed by atoms with Gasteiger partial charge in [-0.1, -0.05) is 0 Å². The molecule has 5 nitrogen and oxygen atoms in total. The van der Waals surface area contributed by atoms with Gasteiger partial charge in [0, 0.05) is 6.07 Å². The number of benzene rings is 1. The molecular formula is C6H7NaO5S. The first-order valence-corrected chi connectivity index (χ1v) is 4.35. The number of phenols is 2. The van der Waals surface area contributed by atoms with Crippen molar-refractivity contribution in [2.75, 3.05) is 0 Å². The second-order valence-corrected chi connectivity index (χ2v) is 3.52. The number of phenolic OH excluding ortho intramolecular Hbond substituents is 2. The molecule has 0 unspecified atom stereocenters. The number of hydrogen-bond acceptors (Lipinski definition) is 4. The van der Waals surface area contributed by atoms with Crippen molar-refractivity contribution in [3.8, 4) is 11.5 Å². The second-order valence-electron chi connectivity index (χ2n) is 2.13. The molecule has 0 bridgehead atoms. The second kappa shape index (κ2) is 4.30. The van der Waals surface area contributed by atoms with Gasteiger partial charge in [0.15, 0.2) is 0 Å². The molecule has 68 valence electrons. The molecule has 0 atom stereocenters. The first kappa shape index (κ1) is 12.7. The molecule has 7 heteroatoms. The van der Waals surface area contributed by atoms with Crippen molar-refractivity contribution in [3.05, 3.63) is 18.2 Å². The Labute approximate surface area is 97.1 Å². The van der Waals surface area contributed by atoms with Crippen LogP contribution in [0.1, 0.15) is 0 Å². The van der Waals surface area contributed by atoms with E-state index in [-0.39, 0.29) is 35.3 Å². The van der Waals surface area contributed by atoms with E-state index >= 15 is 0 Å². The van der Waals surface area contributed by atoms with Crippen LogP contribution in [0.5, 0.6) is 11.5 Å². The van der Waals surface area contributed by atoms with Gasteiger partial charge in [-0.3, -0.25) is 4.55 Å².